The zero-order valence-corrected chi connectivity index (χ0v) is 55.8. The Bertz CT molecular complexity index is 1280. The van der Waals surface area contributed by atoms with Crippen molar-refractivity contribution in [1.82, 2.24) is 5.32 Å². The molecule has 0 spiro atoms. The lowest BCUT2D eigenvalue weighted by atomic mass is 10.0. The van der Waals surface area contributed by atoms with Gasteiger partial charge in [0.1, 0.15) is 0 Å². The summed E-state index contributed by atoms with van der Waals surface area (Å²) in [4.78, 5) is 24.7. The molecular formula is C76H147NO5. The van der Waals surface area contributed by atoms with Crippen LogP contribution in [0.5, 0.6) is 0 Å². The number of esters is 1. The van der Waals surface area contributed by atoms with Crippen molar-refractivity contribution in [3.8, 4) is 0 Å². The van der Waals surface area contributed by atoms with Gasteiger partial charge >= 0.3 is 5.97 Å². The highest BCUT2D eigenvalue weighted by atomic mass is 16.5. The fraction of sp³-hybridized carbons (Fsp3) is 0.921. The lowest BCUT2D eigenvalue weighted by molar-refractivity contribution is -0.143. The van der Waals surface area contributed by atoms with E-state index in [9.17, 15) is 19.8 Å². The molecule has 0 heterocycles. The van der Waals surface area contributed by atoms with E-state index in [4.69, 9.17) is 4.74 Å². The lowest BCUT2D eigenvalue weighted by Crippen LogP contribution is -2.45. The molecule has 0 aliphatic carbocycles. The second kappa shape index (κ2) is 71.8. The maximum absolute atomic E-state index is 12.6. The van der Waals surface area contributed by atoms with E-state index in [1.165, 1.54) is 340 Å². The number of allylic oxidation sites excluding steroid dienone is 4. The molecule has 2 unspecified atom stereocenters. The maximum Gasteiger partial charge on any atom is 0.305 e. The van der Waals surface area contributed by atoms with Crippen LogP contribution in [0.15, 0.2) is 24.3 Å². The minimum absolute atomic E-state index is 0.0108. The fourth-order valence-corrected chi connectivity index (χ4v) is 12.0. The quantitative estimate of drug-likeness (QED) is 0.0320. The summed E-state index contributed by atoms with van der Waals surface area (Å²) in [6.45, 7) is 4.97. The number of hydrogen-bond acceptors (Lipinski definition) is 5. The monoisotopic (exact) mass is 1150 g/mol. The number of carbonyl (C=O) groups excluding carboxylic acids is 2. The maximum atomic E-state index is 12.6. The molecule has 6 nitrogen and oxygen atoms in total. The van der Waals surface area contributed by atoms with Crippen molar-refractivity contribution >= 4 is 11.9 Å². The van der Waals surface area contributed by atoms with E-state index in [1.54, 1.807) is 0 Å². The second-order valence-electron chi connectivity index (χ2n) is 26.0. The van der Waals surface area contributed by atoms with E-state index >= 15 is 0 Å². The molecule has 0 aromatic heterocycles. The Labute approximate surface area is 513 Å². The van der Waals surface area contributed by atoms with Gasteiger partial charge in [0.25, 0.3) is 0 Å². The fourth-order valence-electron chi connectivity index (χ4n) is 12.0. The van der Waals surface area contributed by atoms with Crippen LogP contribution in [0.1, 0.15) is 425 Å². The first kappa shape index (κ1) is 80.3. The van der Waals surface area contributed by atoms with Crippen molar-refractivity contribution in [3.05, 3.63) is 24.3 Å². The van der Waals surface area contributed by atoms with Crippen LogP contribution in [0.3, 0.4) is 0 Å². The highest BCUT2D eigenvalue weighted by Gasteiger charge is 2.20. The van der Waals surface area contributed by atoms with Crippen LogP contribution in [0.4, 0.5) is 0 Å². The SMILES string of the molecule is CCCCC/C=C\C/C=C\CCCCCCCCCCCC(=O)OCCCCCCCCCCCCCCCCCCCCCCCCC(=O)NC(CO)C(O)CCCCCCCCCCCCCCCCCCCCCCCCCC. The van der Waals surface area contributed by atoms with Crippen molar-refractivity contribution in [2.24, 2.45) is 0 Å². The van der Waals surface area contributed by atoms with Gasteiger partial charge in [0.15, 0.2) is 0 Å². The third-order valence-corrected chi connectivity index (χ3v) is 17.8. The van der Waals surface area contributed by atoms with Gasteiger partial charge in [0.05, 0.1) is 25.4 Å². The van der Waals surface area contributed by atoms with Gasteiger partial charge in [0, 0.05) is 12.8 Å². The van der Waals surface area contributed by atoms with Crippen LogP contribution in [0, 0.1) is 0 Å². The first-order valence-electron chi connectivity index (χ1n) is 37.6. The van der Waals surface area contributed by atoms with Gasteiger partial charge in [-0.15, -0.1) is 0 Å². The first-order valence-corrected chi connectivity index (χ1v) is 37.6. The highest BCUT2D eigenvalue weighted by molar-refractivity contribution is 5.76. The van der Waals surface area contributed by atoms with Crippen molar-refractivity contribution in [2.45, 2.75) is 437 Å². The summed E-state index contributed by atoms with van der Waals surface area (Å²) in [6, 6.07) is -0.543. The van der Waals surface area contributed by atoms with E-state index in [2.05, 4.69) is 43.5 Å². The summed E-state index contributed by atoms with van der Waals surface area (Å²) in [5.41, 5.74) is 0. The summed E-state index contributed by atoms with van der Waals surface area (Å²) >= 11 is 0. The normalized spacial score (nSPS) is 12.6. The molecule has 1 amide bonds. The van der Waals surface area contributed by atoms with Gasteiger partial charge in [0.2, 0.25) is 5.91 Å². The van der Waals surface area contributed by atoms with Gasteiger partial charge in [-0.1, -0.05) is 378 Å². The molecule has 0 saturated heterocycles. The summed E-state index contributed by atoms with van der Waals surface area (Å²) in [5.74, 6) is -0.0190. The molecule has 486 valence electrons. The third kappa shape index (κ3) is 67.5. The highest BCUT2D eigenvalue weighted by Crippen LogP contribution is 2.20. The average molecular weight is 1160 g/mol. The summed E-state index contributed by atoms with van der Waals surface area (Å²) < 4.78 is 5.51. The molecule has 3 N–H and O–H groups in total. The summed E-state index contributed by atoms with van der Waals surface area (Å²) in [7, 11) is 0. The molecule has 0 fully saturated rings. The first-order chi connectivity index (χ1) is 40.5. The average Bonchev–Trinajstić information content (AvgIpc) is 3.48. The number of aliphatic hydroxyl groups excluding tert-OH is 2. The number of unbranched alkanes of at least 4 members (excludes halogenated alkanes) is 56. The van der Waals surface area contributed by atoms with Gasteiger partial charge in [-0.2, -0.15) is 0 Å². The van der Waals surface area contributed by atoms with Crippen LogP contribution in [-0.2, 0) is 14.3 Å². The Morgan fingerprint density at radius 2 is 0.610 bits per heavy atom. The van der Waals surface area contributed by atoms with Gasteiger partial charge in [-0.3, -0.25) is 9.59 Å². The lowest BCUT2D eigenvalue weighted by Gasteiger charge is -2.22. The Morgan fingerprint density at radius 3 is 0.951 bits per heavy atom. The minimum atomic E-state index is -0.666. The van der Waals surface area contributed by atoms with E-state index in [0.29, 0.717) is 25.9 Å². The predicted octanol–water partition coefficient (Wildman–Crippen LogP) is 24.5. The van der Waals surface area contributed by atoms with Crippen LogP contribution in [0.25, 0.3) is 0 Å². The van der Waals surface area contributed by atoms with Gasteiger partial charge < -0.3 is 20.3 Å². The zero-order valence-electron chi connectivity index (χ0n) is 55.8. The number of ether oxygens (including phenoxy) is 1. The smallest absolute Gasteiger partial charge is 0.305 e. The molecule has 6 heteroatoms. The summed E-state index contributed by atoms with van der Waals surface area (Å²) in [5, 5.41) is 23.5. The Kier molecular flexibility index (Phi) is 70.4. The topological polar surface area (TPSA) is 95.9 Å². The number of carbonyl (C=O) groups is 2. The molecule has 0 aliphatic heterocycles. The van der Waals surface area contributed by atoms with Crippen molar-refractivity contribution in [3.63, 3.8) is 0 Å². The predicted molar refractivity (Wildman–Crippen MR) is 361 cm³/mol. The molecule has 0 bridgehead atoms. The van der Waals surface area contributed by atoms with Crippen molar-refractivity contribution in [1.29, 1.82) is 0 Å². The largest absolute Gasteiger partial charge is 0.466 e. The number of aliphatic hydroxyl groups is 2. The Hall–Kier alpha value is -1.66. The molecule has 2 atom stereocenters. The van der Waals surface area contributed by atoms with Crippen LogP contribution in [0.2, 0.25) is 0 Å². The van der Waals surface area contributed by atoms with Crippen LogP contribution >= 0.6 is 0 Å². The molecule has 0 rings (SSSR count). The molecule has 0 radical (unpaired) electrons. The van der Waals surface area contributed by atoms with Crippen molar-refractivity contribution in [2.75, 3.05) is 13.2 Å². The number of hydrogen-bond donors (Lipinski definition) is 3. The standard InChI is InChI=1S/C76H147NO5/c1-3-5-7-9-11-13-15-17-19-21-23-24-25-26-29-33-36-40-44-48-52-56-60-64-68-74(79)73(72-78)77-75(80)69-65-61-57-53-49-45-41-37-34-30-27-28-31-35-39-43-47-51-55-59-63-67-71-82-76(81)70-66-62-58-54-50-46-42-38-32-22-20-18-16-14-12-10-8-6-4-2/h12,14,18,20,73-74,78-79H,3-11,13,15-17,19,21-72H2,1-2H3,(H,77,80)/b14-12-,20-18-. The number of nitrogens with one attached hydrogen (secondary N) is 1. The van der Waals surface area contributed by atoms with Gasteiger partial charge in [-0.25, -0.2) is 0 Å². The molecule has 0 aromatic carbocycles. The van der Waals surface area contributed by atoms with E-state index in [-0.39, 0.29) is 18.5 Å². The molecule has 0 aromatic rings. The molecule has 0 aliphatic rings. The van der Waals surface area contributed by atoms with Crippen LogP contribution < -0.4 is 5.32 Å². The number of amides is 1. The van der Waals surface area contributed by atoms with Crippen molar-refractivity contribution < 1.29 is 24.5 Å². The molecular weight excluding hydrogens is 1010 g/mol. The molecule has 0 saturated carbocycles. The van der Waals surface area contributed by atoms with E-state index in [1.807, 2.05) is 0 Å². The molecule has 82 heavy (non-hydrogen) atoms. The zero-order chi connectivity index (χ0) is 59.2. The summed E-state index contributed by atoms with van der Waals surface area (Å²) in [6.07, 6.45) is 90.9. The minimum Gasteiger partial charge on any atom is -0.466 e. The van der Waals surface area contributed by atoms with E-state index < -0.39 is 12.1 Å². The third-order valence-electron chi connectivity index (χ3n) is 17.8. The van der Waals surface area contributed by atoms with E-state index in [0.717, 1.165) is 51.4 Å². The Morgan fingerprint density at radius 1 is 0.341 bits per heavy atom. The number of rotatable bonds is 71. The Balaban J connectivity index is 3.37. The van der Waals surface area contributed by atoms with Crippen LogP contribution in [-0.4, -0.2) is 47.4 Å². The van der Waals surface area contributed by atoms with Gasteiger partial charge in [-0.05, 0) is 57.8 Å². The second-order valence-corrected chi connectivity index (χ2v) is 26.0.